The van der Waals surface area contributed by atoms with Crippen LogP contribution in [0.5, 0.6) is 0 Å². The van der Waals surface area contributed by atoms with Gasteiger partial charge in [-0.1, -0.05) is 17.7 Å². The highest BCUT2D eigenvalue weighted by molar-refractivity contribution is 6.35. The Morgan fingerprint density at radius 2 is 2.28 bits per heavy atom. The molecule has 1 aromatic heterocycles. The number of imidazole rings is 1. The van der Waals surface area contributed by atoms with Gasteiger partial charge in [-0.05, 0) is 12.1 Å². The maximum Gasteiger partial charge on any atom is 0.239 e. The first kappa shape index (κ1) is 13.2. The molecule has 0 radical (unpaired) electrons. The molecule has 1 amide bonds. The molecule has 0 saturated carbocycles. The van der Waals surface area contributed by atoms with Crippen LogP contribution in [-0.4, -0.2) is 28.4 Å². The van der Waals surface area contributed by atoms with E-state index in [-0.39, 0.29) is 12.5 Å². The Morgan fingerprint density at radius 3 is 2.94 bits per heavy atom. The van der Waals surface area contributed by atoms with Gasteiger partial charge in [0.2, 0.25) is 5.91 Å². The number of hydrogen-bond donors (Lipinski definition) is 1. The minimum absolute atomic E-state index is 0.0926. The van der Waals surface area contributed by atoms with Crippen LogP contribution in [0.1, 0.15) is 5.82 Å². The minimum atomic E-state index is -0.0926. The molecule has 4 nitrogen and oxygen atoms in total. The zero-order valence-corrected chi connectivity index (χ0v) is 11.4. The second-order valence-electron chi connectivity index (χ2n) is 3.83. The Bertz CT molecular complexity index is 580. The second kappa shape index (κ2) is 5.59. The Morgan fingerprint density at radius 1 is 1.50 bits per heavy atom. The summed E-state index contributed by atoms with van der Waals surface area (Å²) in [5.74, 6) is 1.14. The number of likely N-dealkylation sites (N-methyl/N-ethyl adjacent to an activating group) is 1. The molecule has 0 saturated heterocycles. The molecule has 0 aliphatic carbocycles. The lowest BCUT2D eigenvalue weighted by molar-refractivity contribution is -0.121. The van der Waals surface area contributed by atoms with Gasteiger partial charge in [0.25, 0.3) is 0 Å². The molecular formula is C12H13Cl2N3O. The number of halogens is 2. The number of nitrogens with zero attached hydrogens (tertiary/aromatic N) is 2. The number of para-hydroxylation sites is 1. The van der Waals surface area contributed by atoms with Crippen molar-refractivity contribution in [3.63, 3.8) is 0 Å². The van der Waals surface area contributed by atoms with Gasteiger partial charge < -0.3 is 9.88 Å². The van der Waals surface area contributed by atoms with Crippen LogP contribution < -0.4 is 5.32 Å². The molecule has 0 aliphatic heterocycles. The summed E-state index contributed by atoms with van der Waals surface area (Å²) >= 11 is 11.9. The van der Waals surface area contributed by atoms with E-state index in [1.54, 1.807) is 13.1 Å². The Labute approximate surface area is 115 Å². The van der Waals surface area contributed by atoms with Crippen molar-refractivity contribution in [2.24, 2.45) is 0 Å². The molecule has 18 heavy (non-hydrogen) atoms. The van der Waals surface area contributed by atoms with Crippen LogP contribution in [0.15, 0.2) is 18.2 Å². The molecule has 0 spiro atoms. The monoisotopic (exact) mass is 285 g/mol. The van der Waals surface area contributed by atoms with E-state index in [1.807, 2.05) is 16.7 Å². The topological polar surface area (TPSA) is 46.9 Å². The van der Waals surface area contributed by atoms with Crippen LogP contribution in [0.4, 0.5) is 0 Å². The van der Waals surface area contributed by atoms with E-state index in [4.69, 9.17) is 23.2 Å². The summed E-state index contributed by atoms with van der Waals surface area (Å²) in [7, 11) is 1.60. The first-order valence-electron chi connectivity index (χ1n) is 5.57. The van der Waals surface area contributed by atoms with Crippen molar-refractivity contribution in [1.29, 1.82) is 0 Å². The second-order valence-corrected chi connectivity index (χ2v) is 4.62. The first-order valence-corrected chi connectivity index (χ1v) is 6.48. The fourth-order valence-electron chi connectivity index (χ4n) is 1.86. The normalized spacial score (nSPS) is 10.8. The number of alkyl halides is 1. The third-order valence-corrected chi connectivity index (χ3v) is 3.19. The van der Waals surface area contributed by atoms with Gasteiger partial charge in [0.1, 0.15) is 12.4 Å². The van der Waals surface area contributed by atoms with E-state index >= 15 is 0 Å². The summed E-state index contributed by atoms with van der Waals surface area (Å²) in [6.07, 6.45) is 0.601. The Hall–Kier alpha value is -1.26. The van der Waals surface area contributed by atoms with Crippen molar-refractivity contribution >= 4 is 40.1 Å². The van der Waals surface area contributed by atoms with Gasteiger partial charge in [0.15, 0.2) is 0 Å². The summed E-state index contributed by atoms with van der Waals surface area (Å²) in [5, 5.41) is 3.18. The van der Waals surface area contributed by atoms with Gasteiger partial charge in [0.05, 0.1) is 16.1 Å². The van der Waals surface area contributed by atoms with Crippen molar-refractivity contribution < 1.29 is 4.79 Å². The molecule has 2 rings (SSSR count). The van der Waals surface area contributed by atoms with E-state index in [0.717, 1.165) is 16.9 Å². The Kier molecular flexibility index (Phi) is 4.09. The number of fused-ring (bicyclic) bond motifs is 1. The summed E-state index contributed by atoms with van der Waals surface area (Å²) in [6, 6.07) is 5.50. The highest BCUT2D eigenvalue weighted by Gasteiger charge is 2.14. The number of rotatable bonds is 4. The first-order chi connectivity index (χ1) is 8.67. The standard InChI is InChI=1S/C12H13Cl2N3O/c1-15-11(18)7-17-10(5-6-13)16-9-4-2-3-8(14)12(9)17/h2-4H,5-7H2,1H3,(H,15,18). The van der Waals surface area contributed by atoms with Gasteiger partial charge in [-0.25, -0.2) is 4.98 Å². The number of hydrogen-bond acceptors (Lipinski definition) is 2. The summed E-state index contributed by atoms with van der Waals surface area (Å²) in [4.78, 5) is 16.0. The maximum atomic E-state index is 11.6. The molecule has 1 aromatic carbocycles. The predicted octanol–water partition coefficient (Wildman–Crippen LogP) is 2.22. The number of carbonyl (C=O) groups excluding carboxylic acids is 1. The van der Waals surface area contributed by atoms with Crippen LogP contribution in [0.2, 0.25) is 5.02 Å². The smallest absolute Gasteiger partial charge is 0.239 e. The van der Waals surface area contributed by atoms with E-state index in [0.29, 0.717) is 17.3 Å². The lowest BCUT2D eigenvalue weighted by Crippen LogP contribution is -2.24. The number of benzene rings is 1. The van der Waals surface area contributed by atoms with Crippen molar-refractivity contribution in [2.45, 2.75) is 13.0 Å². The number of aromatic nitrogens is 2. The van der Waals surface area contributed by atoms with E-state index < -0.39 is 0 Å². The Balaban J connectivity index is 2.57. The SMILES string of the molecule is CNC(=O)Cn1c(CCCl)nc2cccc(Cl)c21. The van der Waals surface area contributed by atoms with Crippen molar-refractivity contribution in [3.05, 3.63) is 29.0 Å². The van der Waals surface area contributed by atoms with Crippen molar-refractivity contribution in [3.8, 4) is 0 Å². The predicted molar refractivity (Wildman–Crippen MR) is 73.2 cm³/mol. The molecule has 1 heterocycles. The van der Waals surface area contributed by atoms with Gasteiger partial charge >= 0.3 is 0 Å². The average Bonchev–Trinajstić information content (AvgIpc) is 2.69. The lowest BCUT2D eigenvalue weighted by Gasteiger charge is -2.08. The third kappa shape index (κ3) is 2.44. The van der Waals surface area contributed by atoms with Crippen LogP contribution in [0.25, 0.3) is 11.0 Å². The fourth-order valence-corrected chi connectivity index (χ4v) is 2.30. The van der Waals surface area contributed by atoms with Crippen LogP contribution in [0.3, 0.4) is 0 Å². The number of amides is 1. The van der Waals surface area contributed by atoms with Gasteiger partial charge in [-0.2, -0.15) is 0 Å². The lowest BCUT2D eigenvalue weighted by atomic mass is 10.3. The average molecular weight is 286 g/mol. The molecule has 96 valence electrons. The van der Waals surface area contributed by atoms with E-state index in [2.05, 4.69) is 10.3 Å². The largest absolute Gasteiger partial charge is 0.358 e. The fraction of sp³-hybridized carbons (Fsp3) is 0.333. The van der Waals surface area contributed by atoms with Gasteiger partial charge in [-0.15, -0.1) is 11.6 Å². The zero-order valence-electron chi connectivity index (χ0n) is 9.91. The summed E-state index contributed by atoms with van der Waals surface area (Å²) < 4.78 is 1.82. The highest BCUT2D eigenvalue weighted by Crippen LogP contribution is 2.24. The van der Waals surface area contributed by atoms with Crippen LogP contribution in [-0.2, 0) is 17.8 Å². The highest BCUT2D eigenvalue weighted by atomic mass is 35.5. The molecule has 0 unspecified atom stereocenters. The maximum absolute atomic E-state index is 11.6. The molecule has 0 fully saturated rings. The zero-order chi connectivity index (χ0) is 13.1. The van der Waals surface area contributed by atoms with Gasteiger partial charge in [-0.3, -0.25) is 4.79 Å². The molecule has 0 aliphatic rings. The number of carbonyl (C=O) groups is 1. The summed E-state index contributed by atoms with van der Waals surface area (Å²) in [6.45, 7) is 0.197. The van der Waals surface area contributed by atoms with Crippen molar-refractivity contribution in [2.75, 3.05) is 12.9 Å². The van der Waals surface area contributed by atoms with Gasteiger partial charge in [0, 0.05) is 19.3 Å². The van der Waals surface area contributed by atoms with Crippen LogP contribution in [0, 0.1) is 0 Å². The molecule has 2 aromatic rings. The molecule has 0 bridgehead atoms. The van der Waals surface area contributed by atoms with Crippen molar-refractivity contribution in [1.82, 2.24) is 14.9 Å². The quantitative estimate of drug-likeness (QED) is 0.876. The number of nitrogens with one attached hydrogen (secondary N) is 1. The molecular weight excluding hydrogens is 273 g/mol. The third-order valence-electron chi connectivity index (χ3n) is 2.70. The summed E-state index contributed by atoms with van der Waals surface area (Å²) in [5.41, 5.74) is 1.56. The number of aryl methyl sites for hydroxylation is 1. The van der Waals surface area contributed by atoms with E-state index in [9.17, 15) is 4.79 Å². The molecule has 6 heteroatoms. The molecule has 1 N–H and O–H groups in total. The van der Waals surface area contributed by atoms with Crippen LogP contribution >= 0.6 is 23.2 Å². The minimum Gasteiger partial charge on any atom is -0.358 e. The molecule has 0 atom stereocenters. The van der Waals surface area contributed by atoms with E-state index in [1.165, 1.54) is 0 Å².